The lowest BCUT2D eigenvalue weighted by molar-refractivity contribution is -0.117. The van der Waals surface area contributed by atoms with Crippen molar-refractivity contribution in [2.45, 2.75) is 18.9 Å². The molecule has 2 aromatic rings. The van der Waals surface area contributed by atoms with Gasteiger partial charge in [0, 0.05) is 42.6 Å². The molecule has 0 spiro atoms. The third-order valence-electron chi connectivity index (χ3n) is 3.14. The van der Waals surface area contributed by atoms with E-state index in [1.165, 1.54) is 0 Å². The third-order valence-corrected chi connectivity index (χ3v) is 3.14. The molecule has 20 heavy (non-hydrogen) atoms. The van der Waals surface area contributed by atoms with Crippen LogP contribution in [0.15, 0.2) is 36.7 Å². The van der Waals surface area contributed by atoms with Gasteiger partial charge in [0.2, 0.25) is 5.91 Å². The van der Waals surface area contributed by atoms with Crippen molar-refractivity contribution < 1.29 is 9.53 Å². The first-order chi connectivity index (χ1) is 9.72. The van der Waals surface area contributed by atoms with Gasteiger partial charge in [0.05, 0.1) is 6.04 Å². The monoisotopic (exact) mass is 273 g/mol. The summed E-state index contributed by atoms with van der Waals surface area (Å²) in [6.45, 7) is 0.612. The Morgan fingerprint density at radius 3 is 3.10 bits per heavy atom. The van der Waals surface area contributed by atoms with E-state index in [1.807, 2.05) is 24.3 Å². The summed E-state index contributed by atoms with van der Waals surface area (Å²) in [5.74, 6) is -0.176. The standard InChI is InChI=1S/C15H19N3O2/c1-20-9-3-5-13(16)15(19)18-14-6-2-4-11-10-17-8-7-12(11)14/h2,4,6-8,10,13H,3,5,9,16H2,1H3,(H,18,19). The largest absolute Gasteiger partial charge is 0.385 e. The number of amides is 1. The summed E-state index contributed by atoms with van der Waals surface area (Å²) in [4.78, 5) is 16.1. The second-order valence-electron chi connectivity index (χ2n) is 4.63. The molecular weight excluding hydrogens is 254 g/mol. The maximum Gasteiger partial charge on any atom is 0.241 e. The van der Waals surface area contributed by atoms with E-state index in [-0.39, 0.29) is 5.91 Å². The number of carbonyl (C=O) groups is 1. The van der Waals surface area contributed by atoms with E-state index >= 15 is 0 Å². The number of nitrogens with zero attached hydrogens (tertiary/aromatic N) is 1. The Morgan fingerprint density at radius 1 is 1.45 bits per heavy atom. The molecule has 0 aliphatic heterocycles. The molecule has 1 atom stereocenters. The molecule has 0 bridgehead atoms. The zero-order chi connectivity index (χ0) is 14.4. The van der Waals surface area contributed by atoms with Crippen molar-refractivity contribution in [2.24, 2.45) is 5.73 Å². The molecule has 0 saturated heterocycles. The number of aromatic nitrogens is 1. The van der Waals surface area contributed by atoms with Gasteiger partial charge in [-0.3, -0.25) is 9.78 Å². The summed E-state index contributed by atoms with van der Waals surface area (Å²) in [6, 6.07) is 7.05. The van der Waals surface area contributed by atoms with E-state index < -0.39 is 6.04 Å². The first kappa shape index (κ1) is 14.4. The van der Waals surface area contributed by atoms with Crippen LogP contribution in [0.3, 0.4) is 0 Å². The van der Waals surface area contributed by atoms with E-state index in [9.17, 15) is 4.79 Å². The molecule has 1 unspecified atom stereocenters. The first-order valence-electron chi connectivity index (χ1n) is 6.60. The van der Waals surface area contributed by atoms with Gasteiger partial charge in [-0.25, -0.2) is 0 Å². The quantitative estimate of drug-likeness (QED) is 0.788. The van der Waals surface area contributed by atoms with Gasteiger partial charge in [0.15, 0.2) is 0 Å². The van der Waals surface area contributed by atoms with Crippen LogP contribution in [0.5, 0.6) is 0 Å². The summed E-state index contributed by atoms with van der Waals surface area (Å²) in [5.41, 5.74) is 6.63. The van der Waals surface area contributed by atoms with Crippen molar-refractivity contribution in [2.75, 3.05) is 19.0 Å². The fourth-order valence-electron chi connectivity index (χ4n) is 2.04. The smallest absolute Gasteiger partial charge is 0.241 e. The molecule has 1 aromatic carbocycles. The maximum atomic E-state index is 12.1. The third kappa shape index (κ3) is 3.53. The average Bonchev–Trinajstić information content (AvgIpc) is 2.47. The number of benzene rings is 1. The predicted molar refractivity (Wildman–Crippen MR) is 79.5 cm³/mol. The van der Waals surface area contributed by atoms with Crippen LogP contribution >= 0.6 is 0 Å². The van der Waals surface area contributed by atoms with Gasteiger partial charge in [0.25, 0.3) is 0 Å². The second-order valence-corrected chi connectivity index (χ2v) is 4.63. The minimum Gasteiger partial charge on any atom is -0.385 e. The highest BCUT2D eigenvalue weighted by Crippen LogP contribution is 2.22. The van der Waals surface area contributed by atoms with E-state index in [0.717, 1.165) is 22.9 Å². The predicted octanol–water partition coefficient (Wildman–Crippen LogP) is 1.93. The van der Waals surface area contributed by atoms with Gasteiger partial charge in [-0.1, -0.05) is 12.1 Å². The summed E-state index contributed by atoms with van der Waals surface area (Å²) >= 11 is 0. The SMILES string of the molecule is COCCCC(N)C(=O)Nc1cccc2cnccc12. The van der Waals surface area contributed by atoms with Crippen LogP contribution in [0.4, 0.5) is 5.69 Å². The van der Waals surface area contributed by atoms with Gasteiger partial charge in [0.1, 0.15) is 0 Å². The van der Waals surface area contributed by atoms with Crippen LogP contribution in [0.25, 0.3) is 10.8 Å². The van der Waals surface area contributed by atoms with Crippen molar-refractivity contribution in [1.82, 2.24) is 4.98 Å². The lowest BCUT2D eigenvalue weighted by Crippen LogP contribution is -2.35. The Balaban J connectivity index is 2.06. The van der Waals surface area contributed by atoms with Crippen LogP contribution in [0.1, 0.15) is 12.8 Å². The number of methoxy groups -OCH3 is 1. The van der Waals surface area contributed by atoms with Crippen LogP contribution < -0.4 is 11.1 Å². The lowest BCUT2D eigenvalue weighted by Gasteiger charge is -2.13. The number of nitrogens with two attached hydrogens (primary N) is 1. The number of ether oxygens (including phenoxy) is 1. The summed E-state index contributed by atoms with van der Waals surface area (Å²) in [5, 5.41) is 4.82. The van der Waals surface area contributed by atoms with Gasteiger partial charge >= 0.3 is 0 Å². The number of hydrogen-bond acceptors (Lipinski definition) is 4. The van der Waals surface area contributed by atoms with Gasteiger partial charge in [-0.2, -0.15) is 0 Å². The number of anilines is 1. The number of pyridine rings is 1. The van der Waals surface area contributed by atoms with Crippen molar-refractivity contribution in [3.05, 3.63) is 36.7 Å². The molecule has 106 valence electrons. The van der Waals surface area contributed by atoms with E-state index in [4.69, 9.17) is 10.5 Å². The summed E-state index contributed by atoms with van der Waals surface area (Å²) in [6.07, 6.45) is 4.84. The van der Waals surface area contributed by atoms with Crippen molar-refractivity contribution in [1.29, 1.82) is 0 Å². The van der Waals surface area contributed by atoms with E-state index in [1.54, 1.807) is 19.5 Å². The molecular formula is C15H19N3O2. The van der Waals surface area contributed by atoms with Crippen LogP contribution in [0, 0.1) is 0 Å². The van der Waals surface area contributed by atoms with Crippen molar-refractivity contribution in [3.63, 3.8) is 0 Å². The highest BCUT2D eigenvalue weighted by atomic mass is 16.5. The molecule has 1 aromatic heterocycles. The Morgan fingerprint density at radius 2 is 2.30 bits per heavy atom. The number of hydrogen-bond donors (Lipinski definition) is 2. The average molecular weight is 273 g/mol. The Hall–Kier alpha value is -1.98. The van der Waals surface area contributed by atoms with Gasteiger partial charge in [-0.15, -0.1) is 0 Å². The molecule has 1 heterocycles. The minimum atomic E-state index is -0.526. The first-order valence-corrected chi connectivity index (χ1v) is 6.60. The summed E-state index contributed by atoms with van der Waals surface area (Å²) in [7, 11) is 1.63. The highest BCUT2D eigenvalue weighted by molar-refractivity contribution is 6.03. The van der Waals surface area contributed by atoms with Gasteiger partial charge < -0.3 is 15.8 Å². The molecule has 0 fully saturated rings. The molecule has 5 nitrogen and oxygen atoms in total. The number of fused-ring (bicyclic) bond motifs is 1. The van der Waals surface area contributed by atoms with Crippen LogP contribution in [-0.4, -0.2) is 30.6 Å². The zero-order valence-corrected chi connectivity index (χ0v) is 11.5. The molecule has 0 aliphatic carbocycles. The number of rotatable bonds is 6. The van der Waals surface area contributed by atoms with Crippen molar-refractivity contribution >= 4 is 22.4 Å². The molecule has 5 heteroatoms. The lowest BCUT2D eigenvalue weighted by atomic mass is 10.1. The number of nitrogens with one attached hydrogen (secondary N) is 1. The van der Waals surface area contributed by atoms with E-state index in [0.29, 0.717) is 13.0 Å². The van der Waals surface area contributed by atoms with Crippen LogP contribution in [-0.2, 0) is 9.53 Å². The fraction of sp³-hybridized carbons (Fsp3) is 0.333. The van der Waals surface area contributed by atoms with Gasteiger partial charge in [-0.05, 0) is 25.0 Å². The Kier molecular flexibility index (Phi) is 5.03. The second kappa shape index (κ2) is 6.98. The van der Waals surface area contributed by atoms with Crippen LogP contribution in [0.2, 0.25) is 0 Å². The fourth-order valence-corrected chi connectivity index (χ4v) is 2.04. The summed E-state index contributed by atoms with van der Waals surface area (Å²) < 4.78 is 4.95. The Labute approximate surface area is 118 Å². The molecule has 1 amide bonds. The number of carbonyl (C=O) groups excluding carboxylic acids is 1. The molecule has 2 rings (SSSR count). The highest BCUT2D eigenvalue weighted by Gasteiger charge is 2.14. The van der Waals surface area contributed by atoms with E-state index in [2.05, 4.69) is 10.3 Å². The Bertz CT molecular complexity index is 581. The molecule has 0 radical (unpaired) electrons. The molecule has 3 N–H and O–H groups in total. The maximum absolute atomic E-state index is 12.1. The zero-order valence-electron chi connectivity index (χ0n) is 11.5. The molecule has 0 saturated carbocycles. The normalized spacial score (nSPS) is 12.3. The van der Waals surface area contributed by atoms with Crippen molar-refractivity contribution in [3.8, 4) is 0 Å². The molecule has 0 aliphatic rings. The minimum absolute atomic E-state index is 0.176. The topological polar surface area (TPSA) is 77.2 Å².